The maximum Gasteiger partial charge on any atom is 0.320 e. The molecule has 0 aliphatic carbocycles. The van der Waals surface area contributed by atoms with Crippen molar-refractivity contribution in [3.63, 3.8) is 0 Å². The molecule has 1 atom stereocenters. The number of carbonyl (C=O) groups is 2. The first-order valence-corrected chi connectivity index (χ1v) is 9.26. The lowest BCUT2D eigenvalue weighted by molar-refractivity contribution is -0.142. The van der Waals surface area contributed by atoms with Crippen molar-refractivity contribution in [2.45, 2.75) is 77.2 Å². The van der Waals surface area contributed by atoms with Crippen LogP contribution in [-0.4, -0.2) is 48.6 Å². The summed E-state index contributed by atoms with van der Waals surface area (Å²) in [4.78, 5) is 24.5. The number of nitrogens with zero attached hydrogens (tertiary/aromatic N) is 1. The van der Waals surface area contributed by atoms with E-state index in [4.69, 9.17) is 5.11 Å². The zero-order valence-corrected chi connectivity index (χ0v) is 15.7. The van der Waals surface area contributed by atoms with E-state index in [2.05, 4.69) is 17.5 Å². The van der Waals surface area contributed by atoms with Gasteiger partial charge in [-0.15, -0.1) is 0 Å². The molecular weight excluding hydrogens is 304 g/mol. The minimum atomic E-state index is -0.783. The SMILES string of the molecule is C/C=C/CCCCCCCC(=O)NCCCC[C@@H](C(=O)O)N(C)C. The third-order valence-corrected chi connectivity index (χ3v) is 4.15. The van der Waals surface area contributed by atoms with E-state index in [9.17, 15) is 9.59 Å². The topological polar surface area (TPSA) is 69.6 Å². The molecule has 5 heteroatoms. The average Bonchev–Trinajstić information content (AvgIpc) is 2.52. The molecule has 5 nitrogen and oxygen atoms in total. The monoisotopic (exact) mass is 340 g/mol. The zero-order chi connectivity index (χ0) is 18.2. The Morgan fingerprint density at radius 3 is 2.33 bits per heavy atom. The number of carbonyl (C=O) groups excluding carboxylic acids is 1. The largest absolute Gasteiger partial charge is 0.480 e. The molecular formula is C19H36N2O3. The molecule has 140 valence electrons. The van der Waals surface area contributed by atoms with Crippen molar-refractivity contribution in [2.75, 3.05) is 20.6 Å². The molecule has 0 heterocycles. The van der Waals surface area contributed by atoms with Gasteiger partial charge in [0.25, 0.3) is 0 Å². The number of amides is 1. The summed E-state index contributed by atoms with van der Waals surface area (Å²) in [6, 6.07) is -0.437. The maximum atomic E-state index is 11.7. The van der Waals surface area contributed by atoms with Crippen LogP contribution in [0.4, 0.5) is 0 Å². The Balaban J connectivity index is 3.48. The first-order valence-electron chi connectivity index (χ1n) is 9.26. The Bertz CT molecular complexity index is 368. The van der Waals surface area contributed by atoms with Crippen LogP contribution in [-0.2, 0) is 9.59 Å². The summed E-state index contributed by atoms with van der Waals surface area (Å²) < 4.78 is 0. The molecule has 0 spiro atoms. The Labute approximate surface area is 147 Å². The summed E-state index contributed by atoms with van der Waals surface area (Å²) in [7, 11) is 3.56. The number of allylic oxidation sites excluding steroid dienone is 2. The molecule has 0 aliphatic heterocycles. The van der Waals surface area contributed by atoms with Crippen LogP contribution in [0.15, 0.2) is 12.2 Å². The van der Waals surface area contributed by atoms with Crippen molar-refractivity contribution in [1.82, 2.24) is 10.2 Å². The third-order valence-electron chi connectivity index (χ3n) is 4.15. The fraction of sp³-hybridized carbons (Fsp3) is 0.789. The normalized spacial score (nSPS) is 12.7. The van der Waals surface area contributed by atoms with Gasteiger partial charge in [-0.05, 0) is 59.5 Å². The van der Waals surface area contributed by atoms with Gasteiger partial charge in [0.15, 0.2) is 0 Å². The van der Waals surface area contributed by atoms with Gasteiger partial charge in [-0.25, -0.2) is 0 Å². The second-order valence-electron chi connectivity index (χ2n) is 6.54. The highest BCUT2D eigenvalue weighted by Gasteiger charge is 2.18. The number of likely N-dealkylation sites (N-methyl/N-ethyl adjacent to an activating group) is 1. The Morgan fingerprint density at radius 2 is 1.71 bits per heavy atom. The van der Waals surface area contributed by atoms with Crippen molar-refractivity contribution < 1.29 is 14.7 Å². The minimum Gasteiger partial charge on any atom is -0.480 e. The van der Waals surface area contributed by atoms with Crippen molar-refractivity contribution in [1.29, 1.82) is 0 Å². The Kier molecular flexibility index (Phi) is 14.3. The number of rotatable bonds is 15. The van der Waals surface area contributed by atoms with E-state index in [0.29, 0.717) is 19.4 Å². The molecule has 0 unspecified atom stereocenters. The second kappa shape index (κ2) is 15.2. The van der Waals surface area contributed by atoms with Gasteiger partial charge in [0.05, 0.1) is 0 Å². The summed E-state index contributed by atoms with van der Waals surface area (Å²) in [6.45, 7) is 2.69. The fourth-order valence-electron chi connectivity index (χ4n) is 2.63. The van der Waals surface area contributed by atoms with Crippen LogP contribution >= 0.6 is 0 Å². The highest BCUT2D eigenvalue weighted by Crippen LogP contribution is 2.08. The molecule has 0 rings (SSSR count). The number of carboxylic acid groups (broad SMARTS) is 1. The standard InChI is InChI=1S/C19H36N2O3/c1-4-5-6-7-8-9-10-11-15-18(22)20-16-13-12-14-17(19(23)24)21(2)3/h4-5,17H,6-16H2,1-3H3,(H,20,22)(H,23,24)/b5-4+/t17-/m0/s1. The van der Waals surface area contributed by atoms with Crippen LogP contribution in [0.3, 0.4) is 0 Å². The number of carboxylic acids is 1. The second-order valence-corrected chi connectivity index (χ2v) is 6.54. The molecule has 0 saturated heterocycles. The quantitative estimate of drug-likeness (QED) is 0.353. The zero-order valence-electron chi connectivity index (χ0n) is 15.7. The highest BCUT2D eigenvalue weighted by atomic mass is 16.4. The molecule has 0 saturated carbocycles. The van der Waals surface area contributed by atoms with Crippen LogP contribution in [0.2, 0.25) is 0 Å². The molecule has 0 aliphatic rings. The number of hydrogen-bond acceptors (Lipinski definition) is 3. The lowest BCUT2D eigenvalue weighted by Gasteiger charge is -2.19. The van der Waals surface area contributed by atoms with Gasteiger partial charge in [0.1, 0.15) is 6.04 Å². The molecule has 0 aromatic heterocycles. The van der Waals surface area contributed by atoms with E-state index in [1.165, 1.54) is 19.3 Å². The van der Waals surface area contributed by atoms with Crippen molar-refractivity contribution in [3.05, 3.63) is 12.2 Å². The van der Waals surface area contributed by atoms with E-state index in [-0.39, 0.29) is 5.91 Å². The van der Waals surface area contributed by atoms with Gasteiger partial charge in [-0.3, -0.25) is 14.5 Å². The maximum absolute atomic E-state index is 11.7. The number of unbranched alkanes of at least 4 members (excludes halogenated alkanes) is 6. The summed E-state index contributed by atoms with van der Waals surface area (Å²) in [6.07, 6.45) is 14.1. The summed E-state index contributed by atoms with van der Waals surface area (Å²) >= 11 is 0. The van der Waals surface area contributed by atoms with E-state index >= 15 is 0 Å². The third kappa shape index (κ3) is 13.1. The van der Waals surface area contributed by atoms with Crippen LogP contribution in [0.1, 0.15) is 71.1 Å². The van der Waals surface area contributed by atoms with Crippen LogP contribution in [0, 0.1) is 0 Å². The smallest absolute Gasteiger partial charge is 0.320 e. The molecule has 0 fully saturated rings. The predicted molar refractivity (Wildman–Crippen MR) is 99.1 cm³/mol. The van der Waals surface area contributed by atoms with E-state index < -0.39 is 12.0 Å². The van der Waals surface area contributed by atoms with Crippen LogP contribution < -0.4 is 5.32 Å². The summed E-state index contributed by atoms with van der Waals surface area (Å²) in [5, 5.41) is 12.0. The molecule has 2 N–H and O–H groups in total. The molecule has 0 aromatic rings. The average molecular weight is 341 g/mol. The van der Waals surface area contributed by atoms with Gasteiger partial charge in [0, 0.05) is 13.0 Å². The van der Waals surface area contributed by atoms with Crippen molar-refractivity contribution >= 4 is 11.9 Å². The molecule has 1 amide bonds. The molecule has 24 heavy (non-hydrogen) atoms. The first kappa shape index (κ1) is 22.6. The minimum absolute atomic E-state index is 0.117. The van der Waals surface area contributed by atoms with Gasteiger partial charge >= 0.3 is 5.97 Å². The predicted octanol–water partition coefficient (Wildman–Crippen LogP) is 3.59. The van der Waals surface area contributed by atoms with Gasteiger partial charge in [-0.1, -0.05) is 31.4 Å². The van der Waals surface area contributed by atoms with Gasteiger partial charge in [-0.2, -0.15) is 0 Å². The first-order chi connectivity index (χ1) is 11.5. The fourth-order valence-corrected chi connectivity index (χ4v) is 2.63. The summed E-state index contributed by atoms with van der Waals surface area (Å²) in [5.74, 6) is -0.666. The number of hydrogen-bond donors (Lipinski definition) is 2. The van der Waals surface area contributed by atoms with Crippen LogP contribution in [0.5, 0.6) is 0 Å². The van der Waals surface area contributed by atoms with E-state index in [1.54, 1.807) is 19.0 Å². The highest BCUT2D eigenvalue weighted by molar-refractivity contribution is 5.75. The van der Waals surface area contributed by atoms with Crippen LogP contribution in [0.25, 0.3) is 0 Å². The molecule has 0 aromatic carbocycles. The number of aliphatic carboxylic acids is 1. The number of nitrogens with one attached hydrogen (secondary N) is 1. The molecule has 0 radical (unpaired) electrons. The Morgan fingerprint density at radius 1 is 1.04 bits per heavy atom. The van der Waals surface area contributed by atoms with Gasteiger partial charge < -0.3 is 10.4 Å². The Hall–Kier alpha value is -1.36. The molecule has 0 bridgehead atoms. The van der Waals surface area contributed by atoms with Crippen molar-refractivity contribution in [2.24, 2.45) is 0 Å². The van der Waals surface area contributed by atoms with E-state index in [1.807, 2.05) is 6.92 Å². The lowest BCUT2D eigenvalue weighted by Crippen LogP contribution is -2.35. The van der Waals surface area contributed by atoms with Gasteiger partial charge in [0.2, 0.25) is 5.91 Å². The summed E-state index contributed by atoms with van der Waals surface area (Å²) in [5.41, 5.74) is 0. The van der Waals surface area contributed by atoms with Crippen molar-refractivity contribution in [3.8, 4) is 0 Å². The lowest BCUT2D eigenvalue weighted by atomic mass is 10.1. The van der Waals surface area contributed by atoms with E-state index in [0.717, 1.165) is 32.1 Å².